The fraction of sp³-hybridized carbons (Fsp3) is 0.375. The third-order valence-corrected chi connectivity index (χ3v) is 7.75. The van der Waals surface area contributed by atoms with E-state index in [9.17, 15) is 22.8 Å². The van der Waals surface area contributed by atoms with E-state index in [1.807, 2.05) is 0 Å². The van der Waals surface area contributed by atoms with Crippen molar-refractivity contribution in [3.05, 3.63) is 65.2 Å². The van der Waals surface area contributed by atoms with E-state index in [-0.39, 0.29) is 10.9 Å². The number of carbonyl (C=O) groups is 3. The molecule has 174 valence electrons. The first-order valence-electron chi connectivity index (χ1n) is 11.1. The zero-order valence-electron chi connectivity index (χ0n) is 18.4. The highest BCUT2D eigenvalue weighted by Crippen LogP contribution is 2.24. The van der Waals surface area contributed by atoms with Crippen LogP contribution < -0.4 is 10.0 Å². The van der Waals surface area contributed by atoms with Crippen LogP contribution in [0.1, 0.15) is 58.9 Å². The molecule has 0 aromatic heterocycles. The summed E-state index contributed by atoms with van der Waals surface area (Å²) in [5.41, 5.74) is 1.47. The minimum Gasteiger partial charge on any atom is -0.354 e. The Morgan fingerprint density at radius 1 is 1.00 bits per heavy atom. The Morgan fingerprint density at radius 3 is 2.15 bits per heavy atom. The summed E-state index contributed by atoms with van der Waals surface area (Å²) in [5.74, 6) is -1.37. The predicted octanol–water partition coefficient (Wildman–Crippen LogP) is 2.25. The summed E-state index contributed by atoms with van der Waals surface area (Å²) < 4.78 is 27.8. The van der Waals surface area contributed by atoms with Crippen LogP contribution in [-0.2, 0) is 21.2 Å². The van der Waals surface area contributed by atoms with Crippen LogP contribution in [-0.4, -0.2) is 49.7 Å². The second-order valence-electron chi connectivity index (χ2n) is 8.49. The molecule has 1 unspecified atom stereocenters. The third-order valence-electron chi connectivity index (χ3n) is 6.22. The fourth-order valence-corrected chi connectivity index (χ4v) is 5.63. The minimum atomic E-state index is -3.54. The molecule has 1 saturated carbocycles. The van der Waals surface area contributed by atoms with Crippen LogP contribution in [0, 0.1) is 0 Å². The van der Waals surface area contributed by atoms with Crippen molar-refractivity contribution in [2.75, 3.05) is 6.54 Å². The molecular weight excluding hydrogens is 442 g/mol. The maximum absolute atomic E-state index is 12.6. The normalized spacial score (nSPS) is 17.3. The number of benzene rings is 2. The van der Waals surface area contributed by atoms with Crippen LogP contribution in [0.25, 0.3) is 0 Å². The SMILES string of the molecule is CC(C(=O)NCCc1ccc(S(=O)(=O)NC2CCCC2)cc1)N1C(=O)c2ccccc2C1=O. The number of hydrogen-bond donors (Lipinski definition) is 2. The van der Waals surface area contributed by atoms with Gasteiger partial charge in [0.15, 0.2) is 0 Å². The van der Waals surface area contributed by atoms with Gasteiger partial charge in [-0.1, -0.05) is 37.1 Å². The molecule has 2 N–H and O–H groups in total. The molecule has 1 heterocycles. The number of nitrogens with zero attached hydrogens (tertiary/aromatic N) is 1. The molecular formula is C24H27N3O5S. The van der Waals surface area contributed by atoms with Gasteiger partial charge in [-0.25, -0.2) is 13.1 Å². The van der Waals surface area contributed by atoms with Gasteiger partial charge in [-0.2, -0.15) is 0 Å². The number of carbonyl (C=O) groups excluding carboxylic acids is 3. The van der Waals surface area contributed by atoms with Gasteiger partial charge in [0.2, 0.25) is 15.9 Å². The molecule has 9 heteroatoms. The molecule has 2 aliphatic rings. The largest absolute Gasteiger partial charge is 0.354 e. The predicted molar refractivity (Wildman–Crippen MR) is 122 cm³/mol. The minimum absolute atomic E-state index is 0.00837. The zero-order valence-corrected chi connectivity index (χ0v) is 19.2. The van der Waals surface area contributed by atoms with Gasteiger partial charge in [-0.05, 0) is 56.0 Å². The third kappa shape index (κ3) is 4.84. The highest BCUT2D eigenvalue weighted by molar-refractivity contribution is 7.89. The average molecular weight is 470 g/mol. The van der Waals surface area contributed by atoms with Crippen LogP contribution in [0.2, 0.25) is 0 Å². The van der Waals surface area contributed by atoms with Crippen molar-refractivity contribution in [2.24, 2.45) is 0 Å². The number of sulfonamides is 1. The Labute approximate surface area is 193 Å². The van der Waals surface area contributed by atoms with Crippen LogP contribution in [0.15, 0.2) is 53.4 Å². The summed E-state index contributed by atoms with van der Waals surface area (Å²) in [5, 5.41) is 2.75. The molecule has 8 nitrogen and oxygen atoms in total. The molecule has 4 rings (SSSR count). The molecule has 1 fully saturated rings. The van der Waals surface area contributed by atoms with E-state index in [1.54, 1.807) is 48.5 Å². The van der Waals surface area contributed by atoms with Crippen molar-refractivity contribution in [1.82, 2.24) is 14.9 Å². The number of hydrogen-bond acceptors (Lipinski definition) is 5. The van der Waals surface area contributed by atoms with Gasteiger partial charge in [0, 0.05) is 12.6 Å². The second kappa shape index (κ2) is 9.44. The number of nitrogens with one attached hydrogen (secondary N) is 2. The Morgan fingerprint density at radius 2 is 1.58 bits per heavy atom. The summed E-state index contributed by atoms with van der Waals surface area (Å²) in [6, 6.07) is 12.2. The Hall–Kier alpha value is -3.04. The lowest BCUT2D eigenvalue weighted by Gasteiger charge is -2.21. The van der Waals surface area contributed by atoms with E-state index in [0.29, 0.717) is 24.1 Å². The van der Waals surface area contributed by atoms with Gasteiger partial charge in [0.25, 0.3) is 11.8 Å². The number of amides is 3. The molecule has 1 aliphatic carbocycles. The molecule has 1 atom stereocenters. The molecule has 2 aromatic carbocycles. The van der Waals surface area contributed by atoms with Gasteiger partial charge in [-0.15, -0.1) is 0 Å². The van der Waals surface area contributed by atoms with Crippen molar-refractivity contribution in [3.8, 4) is 0 Å². The fourth-order valence-electron chi connectivity index (χ4n) is 4.32. The standard InChI is InChI=1S/C24H27N3O5S/c1-16(27-23(29)20-8-4-5-9-21(20)24(27)30)22(28)25-15-14-17-10-12-19(13-11-17)33(31,32)26-18-6-2-3-7-18/h4-5,8-13,16,18,26H,2-3,6-7,14-15H2,1H3,(H,25,28). The topological polar surface area (TPSA) is 113 Å². The van der Waals surface area contributed by atoms with E-state index >= 15 is 0 Å². The molecule has 0 spiro atoms. The van der Waals surface area contributed by atoms with Gasteiger partial charge < -0.3 is 5.32 Å². The summed E-state index contributed by atoms with van der Waals surface area (Å²) >= 11 is 0. The van der Waals surface area contributed by atoms with Crippen molar-refractivity contribution in [2.45, 2.75) is 56.0 Å². The summed E-state index contributed by atoms with van der Waals surface area (Å²) in [6.07, 6.45) is 4.32. The van der Waals surface area contributed by atoms with Crippen molar-refractivity contribution in [1.29, 1.82) is 0 Å². The van der Waals surface area contributed by atoms with Gasteiger partial charge in [-0.3, -0.25) is 19.3 Å². The van der Waals surface area contributed by atoms with E-state index in [4.69, 9.17) is 0 Å². The quantitative estimate of drug-likeness (QED) is 0.576. The lowest BCUT2D eigenvalue weighted by molar-refractivity contribution is -0.124. The summed E-state index contributed by atoms with van der Waals surface area (Å²) in [6.45, 7) is 1.81. The highest BCUT2D eigenvalue weighted by Gasteiger charge is 2.40. The lowest BCUT2D eigenvalue weighted by atomic mass is 10.1. The summed E-state index contributed by atoms with van der Waals surface area (Å²) in [4.78, 5) is 38.9. The van der Waals surface area contributed by atoms with Gasteiger partial charge >= 0.3 is 0 Å². The second-order valence-corrected chi connectivity index (χ2v) is 10.2. The Kier molecular flexibility index (Phi) is 6.62. The molecule has 1 aliphatic heterocycles. The molecule has 0 bridgehead atoms. The molecule has 0 radical (unpaired) electrons. The number of imide groups is 1. The van der Waals surface area contributed by atoms with E-state index in [2.05, 4.69) is 10.0 Å². The van der Waals surface area contributed by atoms with Crippen LogP contribution in [0.3, 0.4) is 0 Å². The first kappa shape index (κ1) is 23.1. The first-order valence-corrected chi connectivity index (χ1v) is 12.6. The van der Waals surface area contributed by atoms with Crippen molar-refractivity contribution in [3.63, 3.8) is 0 Å². The van der Waals surface area contributed by atoms with Crippen LogP contribution in [0.4, 0.5) is 0 Å². The smallest absolute Gasteiger partial charge is 0.262 e. The zero-order chi connectivity index (χ0) is 23.6. The molecule has 0 saturated heterocycles. The van der Waals surface area contributed by atoms with Crippen molar-refractivity contribution >= 4 is 27.7 Å². The lowest BCUT2D eigenvalue weighted by Crippen LogP contribution is -2.48. The van der Waals surface area contributed by atoms with Crippen molar-refractivity contribution < 1.29 is 22.8 Å². The average Bonchev–Trinajstić information content (AvgIpc) is 3.39. The Balaban J connectivity index is 1.30. The monoisotopic (exact) mass is 469 g/mol. The maximum atomic E-state index is 12.6. The van der Waals surface area contributed by atoms with Gasteiger partial charge in [0.05, 0.1) is 16.0 Å². The summed E-state index contributed by atoms with van der Waals surface area (Å²) in [7, 11) is -3.54. The maximum Gasteiger partial charge on any atom is 0.262 e. The first-order chi connectivity index (χ1) is 15.8. The molecule has 3 amide bonds. The van der Waals surface area contributed by atoms with Crippen LogP contribution >= 0.6 is 0 Å². The molecule has 2 aromatic rings. The van der Waals surface area contributed by atoms with E-state index < -0.39 is 33.8 Å². The number of rotatable bonds is 8. The van der Waals surface area contributed by atoms with Gasteiger partial charge in [0.1, 0.15) is 6.04 Å². The highest BCUT2D eigenvalue weighted by atomic mass is 32.2. The van der Waals surface area contributed by atoms with E-state index in [0.717, 1.165) is 36.1 Å². The van der Waals surface area contributed by atoms with Crippen LogP contribution in [0.5, 0.6) is 0 Å². The molecule has 33 heavy (non-hydrogen) atoms. The number of fused-ring (bicyclic) bond motifs is 1. The van der Waals surface area contributed by atoms with E-state index in [1.165, 1.54) is 6.92 Å². The Bertz CT molecular complexity index is 1140.